The molecule has 0 aliphatic carbocycles. The average molecular weight is 399 g/mol. The van der Waals surface area contributed by atoms with E-state index in [0.717, 1.165) is 24.8 Å². The number of rotatable bonds is 7. The van der Waals surface area contributed by atoms with Crippen molar-refractivity contribution in [2.24, 2.45) is 5.10 Å². The summed E-state index contributed by atoms with van der Waals surface area (Å²) in [5, 5.41) is 13.7. The first kappa shape index (κ1) is 21.0. The fraction of sp³-hybridized carbons (Fsp3) is 0.250. The summed E-state index contributed by atoms with van der Waals surface area (Å²) in [4.78, 5) is 19.4. The van der Waals surface area contributed by atoms with Crippen LogP contribution in [-0.2, 0) is 19.3 Å². The van der Waals surface area contributed by atoms with Gasteiger partial charge in [-0.2, -0.15) is 10.4 Å². The highest BCUT2D eigenvalue weighted by atomic mass is 16.1. The Morgan fingerprint density at radius 3 is 2.33 bits per heavy atom. The normalized spacial score (nSPS) is 10.9. The molecule has 1 heterocycles. The lowest BCUT2D eigenvalue weighted by Crippen LogP contribution is -2.16. The van der Waals surface area contributed by atoms with Crippen LogP contribution in [0.25, 0.3) is 11.3 Å². The first-order valence-corrected chi connectivity index (χ1v) is 10.1. The second kappa shape index (κ2) is 9.66. The van der Waals surface area contributed by atoms with E-state index in [1.54, 1.807) is 6.21 Å². The molecule has 0 radical (unpaired) electrons. The van der Waals surface area contributed by atoms with Crippen LogP contribution in [0, 0.1) is 11.3 Å². The third-order valence-electron chi connectivity index (χ3n) is 5.02. The number of hydrazone groups is 1. The summed E-state index contributed by atoms with van der Waals surface area (Å²) in [7, 11) is 0. The molecule has 0 atom stereocenters. The zero-order valence-corrected chi connectivity index (χ0v) is 17.5. The molecule has 152 valence electrons. The van der Waals surface area contributed by atoms with Crippen LogP contribution < -0.4 is 11.0 Å². The third-order valence-corrected chi connectivity index (χ3v) is 5.02. The molecule has 0 fully saturated rings. The molecule has 0 saturated carbocycles. The monoisotopic (exact) mass is 399 g/mol. The van der Waals surface area contributed by atoms with Crippen molar-refractivity contribution in [1.82, 2.24) is 9.97 Å². The molecule has 0 spiro atoms. The van der Waals surface area contributed by atoms with Crippen molar-refractivity contribution in [1.29, 1.82) is 5.26 Å². The Kier molecular flexibility index (Phi) is 6.76. The maximum atomic E-state index is 12.4. The van der Waals surface area contributed by atoms with E-state index < -0.39 is 5.56 Å². The fourth-order valence-corrected chi connectivity index (χ4v) is 3.40. The second-order valence-electron chi connectivity index (χ2n) is 6.87. The number of nitrogens with one attached hydrogen (secondary N) is 2. The summed E-state index contributed by atoms with van der Waals surface area (Å²) in [5.74, 6) is 0.190. The van der Waals surface area contributed by atoms with E-state index in [-0.39, 0.29) is 11.5 Å². The number of anilines is 1. The molecular formula is C24H25N5O. The smallest absolute Gasteiger partial charge is 0.270 e. The molecular weight excluding hydrogens is 374 g/mol. The highest BCUT2D eigenvalue weighted by Crippen LogP contribution is 2.20. The maximum Gasteiger partial charge on any atom is 0.270 e. The number of nitriles is 1. The Bertz CT molecular complexity index is 1130. The van der Waals surface area contributed by atoms with Crippen LogP contribution in [0.5, 0.6) is 0 Å². The summed E-state index contributed by atoms with van der Waals surface area (Å²) in [6.07, 6.45) is 4.59. The minimum Gasteiger partial charge on any atom is -0.290 e. The van der Waals surface area contributed by atoms with Gasteiger partial charge in [-0.15, -0.1) is 0 Å². The topological polar surface area (TPSA) is 93.9 Å². The first-order valence-electron chi connectivity index (χ1n) is 10.1. The van der Waals surface area contributed by atoms with E-state index >= 15 is 0 Å². The van der Waals surface area contributed by atoms with Crippen LogP contribution in [0.1, 0.15) is 48.6 Å². The minimum absolute atomic E-state index is 0.0209. The summed E-state index contributed by atoms with van der Waals surface area (Å²) in [6.45, 7) is 6.41. The molecule has 1 aromatic heterocycles. The molecule has 0 aliphatic rings. The standard InChI is InChI=1S/C24H25N5O/c1-4-16-12-17(5-2)21(18(6-3)13-16)15-26-29-24-27-22(19-10-8-7-9-11-19)20(14-25)23(30)28-24/h7-13,15H,4-6H2,1-3H3,(H2,27,28,29,30). The number of aryl methyl sites for hydroxylation is 3. The van der Waals surface area contributed by atoms with Gasteiger partial charge in [0.2, 0.25) is 5.95 Å². The van der Waals surface area contributed by atoms with E-state index in [9.17, 15) is 10.1 Å². The van der Waals surface area contributed by atoms with Gasteiger partial charge in [0.15, 0.2) is 0 Å². The fourth-order valence-electron chi connectivity index (χ4n) is 3.40. The van der Waals surface area contributed by atoms with E-state index in [1.165, 1.54) is 16.7 Å². The first-order chi connectivity index (χ1) is 14.6. The lowest BCUT2D eigenvalue weighted by atomic mass is 9.94. The van der Waals surface area contributed by atoms with Crippen molar-refractivity contribution >= 4 is 12.2 Å². The van der Waals surface area contributed by atoms with Crippen LogP contribution in [0.15, 0.2) is 52.4 Å². The van der Waals surface area contributed by atoms with Gasteiger partial charge in [-0.3, -0.25) is 9.78 Å². The van der Waals surface area contributed by atoms with Gasteiger partial charge in [0.1, 0.15) is 11.6 Å². The minimum atomic E-state index is -0.500. The molecule has 3 aromatic rings. The van der Waals surface area contributed by atoms with Gasteiger partial charge in [0.05, 0.1) is 11.9 Å². The second-order valence-corrected chi connectivity index (χ2v) is 6.87. The Hall–Kier alpha value is -3.72. The van der Waals surface area contributed by atoms with Crippen molar-refractivity contribution in [3.8, 4) is 17.3 Å². The molecule has 0 amide bonds. The van der Waals surface area contributed by atoms with Crippen molar-refractivity contribution in [3.63, 3.8) is 0 Å². The molecule has 6 nitrogen and oxygen atoms in total. The van der Waals surface area contributed by atoms with Crippen molar-refractivity contribution in [2.45, 2.75) is 40.0 Å². The Morgan fingerprint density at radius 1 is 1.10 bits per heavy atom. The Labute approximate surface area is 176 Å². The molecule has 0 saturated heterocycles. The third kappa shape index (κ3) is 4.47. The largest absolute Gasteiger partial charge is 0.290 e. The van der Waals surface area contributed by atoms with Crippen molar-refractivity contribution < 1.29 is 0 Å². The molecule has 2 aromatic carbocycles. The van der Waals surface area contributed by atoms with Gasteiger partial charge in [0, 0.05) is 11.1 Å². The van der Waals surface area contributed by atoms with E-state index in [0.29, 0.717) is 11.3 Å². The van der Waals surface area contributed by atoms with Gasteiger partial charge < -0.3 is 0 Å². The SMILES string of the molecule is CCc1cc(CC)c(C=NNc2nc(-c3ccccc3)c(C#N)c(=O)[nH]2)c(CC)c1. The highest BCUT2D eigenvalue weighted by Gasteiger charge is 2.13. The van der Waals surface area contributed by atoms with Gasteiger partial charge in [-0.05, 0) is 36.0 Å². The molecule has 0 unspecified atom stereocenters. The van der Waals surface area contributed by atoms with E-state index in [2.05, 4.69) is 53.4 Å². The number of H-pyrrole nitrogens is 1. The summed E-state index contributed by atoms with van der Waals surface area (Å²) >= 11 is 0. The lowest BCUT2D eigenvalue weighted by molar-refractivity contribution is 1.03. The van der Waals surface area contributed by atoms with Crippen molar-refractivity contribution in [2.75, 3.05) is 5.43 Å². The molecule has 30 heavy (non-hydrogen) atoms. The van der Waals surface area contributed by atoms with Crippen LogP contribution in [-0.4, -0.2) is 16.2 Å². The van der Waals surface area contributed by atoms with Crippen LogP contribution in [0.3, 0.4) is 0 Å². The van der Waals surface area contributed by atoms with Crippen molar-refractivity contribution in [3.05, 3.63) is 80.6 Å². The van der Waals surface area contributed by atoms with Crippen LogP contribution >= 0.6 is 0 Å². The number of hydrogen-bond donors (Lipinski definition) is 2. The highest BCUT2D eigenvalue weighted by molar-refractivity contribution is 5.84. The quantitative estimate of drug-likeness (QED) is 0.454. The molecule has 0 bridgehead atoms. The van der Waals surface area contributed by atoms with Gasteiger partial charge in [0.25, 0.3) is 5.56 Å². The maximum absolute atomic E-state index is 12.4. The van der Waals surface area contributed by atoms with Gasteiger partial charge in [-0.25, -0.2) is 10.4 Å². The number of nitrogens with zero attached hydrogens (tertiary/aromatic N) is 3. The number of aromatic nitrogens is 2. The Morgan fingerprint density at radius 2 is 1.77 bits per heavy atom. The van der Waals surface area contributed by atoms with Gasteiger partial charge >= 0.3 is 0 Å². The van der Waals surface area contributed by atoms with E-state index in [1.807, 2.05) is 36.4 Å². The molecule has 3 rings (SSSR count). The van der Waals surface area contributed by atoms with E-state index in [4.69, 9.17) is 0 Å². The summed E-state index contributed by atoms with van der Waals surface area (Å²) in [6, 6.07) is 15.5. The molecule has 6 heteroatoms. The lowest BCUT2D eigenvalue weighted by Gasteiger charge is -2.12. The zero-order chi connectivity index (χ0) is 21.5. The van der Waals surface area contributed by atoms with Crippen LogP contribution in [0.4, 0.5) is 5.95 Å². The number of aromatic amines is 1. The Balaban J connectivity index is 1.95. The number of benzene rings is 2. The molecule has 2 N–H and O–H groups in total. The number of hydrogen-bond acceptors (Lipinski definition) is 5. The summed E-state index contributed by atoms with van der Waals surface area (Å²) in [5.41, 5.74) is 8.21. The van der Waals surface area contributed by atoms with Gasteiger partial charge in [-0.1, -0.05) is 63.2 Å². The predicted octanol–water partition coefficient (Wildman–Crippen LogP) is 4.44. The molecule has 0 aliphatic heterocycles. The summed E-state index contributed by atoms with van der Waals surface area (Å²) < 4.78 is 0. The van der Waals surface area contributed by atoms with Crippen LogP contribution in [0.2, 0.25) is 0 Å². The average Bonchev–Trinajstić information content (AvgIpc) is 2.79. The zero-order valence-electron chi connectivity index (χ0n) is 17.5. The predicted molar refractivity (Wildman–Crippen MR) is 121 cm³/mol.